The Morgan fingerprint density at radius 3 is 2.58 bits per heavy atom. The Morgan fingerprint density at radius 1 is 1.21 bits per heavy atom. The molecule has 2 heteroatoms. The standard InChI is InChI=1S/C17H26ClN/c1-3-9-19-17(14-7-5-4-6-8-14)15-10-13(2)11-16(18)12-15/h10-12,14,17,19H,3-9H2,1-2H3. The van der Waals surface area contributed by atoms with Crippen molar-refractivity contribution in [1.29, 1.82) is 0 Å². The molecule has 1 aliphatic rings. The zero-order chi connectivity index (χ0) is 13.7. The van der Waals surface area contributed by atoms with Crippen molar-refractivity contribution in [2.24, 2.45) is 5.92 Å². The second kappa shape index (κ2) is 7.31. The van der Waals surface area contributed by atoms with Gasteiger partial charge in [-0.1, -0.05) is 43.9 Å². The summed E-state index contributed by atoms with van der Waals surface area (Å²) in [6.07, 6.45) is 8.07. The molecule has 0 aliphatic heterocycles. The van der Waals surface area contributed by atoms with Gasteiger partial charge in [-0.2, -0.15) is 0 Å². The van der Waals surface area contributed by atoms with E-state index in [-0.39, 0.29) is 0 Å². The summed E-state index contributed by atoms with van der Waals surface area (Å²) in [4.78, 5) is 0. The third-order valence-corrected chi connectivity index (χ3v) is 4.38. The van der Waals surface area contributed by atoms with Gasteiger partial charge in [0.2, 0.25) is 0 Å². The lowest BCUT2D eigenvalue weighted by Crippen LogP contribution is -2.30. The topological polar surface area (TPSA) is 12.0 Å². The van der Waals surface area contributed by atoms with E-state index in [0.29, 0.717) is 6.04 Å². The van der Waals surface area contributed by atoms with E-state index >= 15 is 0 Å². The molecule has 0 radical (unpaired) electrons. The van der Waals surface area contributed by atoms with Gasteiger partial charge in [0.15, 0.2) is 0 Å². The lowest BCUT2D eigenvalue weighted by Gasteiger charge is -2.32. The molecule has 1 atom stereocenters. The Kier molecular flexibility index (Phi) is 5.72. The number of hydrogen-bond acceptors (Lipinski definition) is 1. The molecule has 2 rings (SSSR count). The van der Waals surface area contributed by atoms with Crippen LogP contribution in [0.2, 0.25) is 5.02 Å². The first-order valence-electron chi connectivity index (χ1n) is 7.71. The highest BCUT2D eigenvalue weighted by Crippen LogP contribution is 2.35. The van der Waals surface area contributed by atoms with Gasteiger partial charge in [0.05, 0.1) is 0 Å². The van der Waals surface area contributed by atoms with E-state index in [1.54, 1.807) is 0 Å². The first kappa shape index (κ1) is 14.9. The number of benzene rings is 1. The molecule has 0 bridgehead atoms. The predicted octanol–water partition coefficient (Wildman–Crippen LogP) is 5.27. The molecule has 1 unspecified atom stereocenters. The molecule has 19 heavy (non-hydrogen) atoms. The smallest absolute Gasteiger partial charge is 0.0411 e. The SMILES string of the molecule is CCCNC(c1cc(C)cc(Cl)c1)C1CCCCC1. The molecule has 0 saturated heterocycles. The molecule has 1 aromatic rings. The van der Waals surface area contributed by atoms with Crippen LogP contribution in [0.4, 0.5) is 0 Å². The van der Waals surface area contributed by atoms with Crippen molar-refractivity contribution in [1.82, 2.24) is 5.32 Å². The fourth-order valence-corrected chi connectivity index (χ4v) is 3.57. The van der Waals surface area contributed by atoms with Crippen LogP contribution in [0.1, 0.15) is 62.6 Å². The van der Waals surface area contributed by atoms with E-state index in [4.69, 9.17) is 11.6 Å². The van der Waals surface area contributed by atoms with E-state index in [1.165, 1.54) is 49.7 Å². The summed E-state index contributed by atoms with van der Waals surface area (Å²) >= 11 is 6.24. The van der Waals surface area contributed by atoms with Crippen LogP contribution in [0.5, 0.6) is 0 Å². The van der Waals surface area contributed by atoms with Crippen molar-refractivity contribution in [2.75, 3.05) is 6.54 Å². The largest absolute Gasteiger partial charge is 0.310 e. The number of rotatable bonds is 5. The molecule has 0 amide bonds. The molecular formula is C17H26ClN. The third kappa shape index (κ3) is 4.22. The Balaban J connectivity index is 2.19. The molecule has 1 N–H and O–H groups in total. The van der Waals surface area contributed by atoms with E-state index < -0.39 is 0 Å². The number of halogens is 1. The molecule has 1 aromatic carbocycles. The minimum atomic E-state index is 0.484. The lowest BCUT2D eigenvalue weighted by molar-refractivity contribution is 0.272. The molecule has 0 aromatic heterocycles. The van der Waals surface area contributed by atoms with Crippen LogP contribution in [0.25, 0.3) is 0 Å². The molecule has 1 fully saturated rings. The van der Waals surface area contributed by atoms with Gasteiger partial charge in [0.1, 0.15) is 0 Å². The zero-order valence-corrected chi connectivity index (χ0v) is 13.0. The van der Waals surface area contributed by atoms with E-state index in [9.17, 15) is 0 Å². The highest BCUT2D eigenvalue weighted by Gasteiger charge is 2.24. The van der Waals surface area contributed by atoms with Gasteiger partial charge in [-0.3, -0.25) is 0 Å². The van der Waals surface area contributed by atoms with Crippen LogP contribution in [-0.2, 0) is 0 Å². The monoisotopic (exact) mass is 279 g/mol. The molecular weight excluding hydrogens is 254 g/mol. The molecule has 1 saturated carbocycles. The first-order chi connectivity index (χ1) is 9.20. The Labute approximate surface area is 122 Å². The molecule has 106 valence electrons. The van der Waals surface area contributed by atoms with Crippen molar-refractivity contribution in [2.45, 2.75) is 58.4 Å². The molecule has 1 nitrogen and oxygen atoms in total. The van der Waals surface area contributed by atoms with Crippen LogP contribution in [0.15, 0.2) is 18.2 Å². The maximum Gasteiger partial charge on any atom is 0.0411 e. The summed E-state index contributed by atoms with van der Waals surface area (Å²) in [6, 6.07) is 6.98. The molecule has 1 aliphatic carbocycles. The number of nitrogens with one attached hydrogen (secondary N) is 1. The predicted molar refractivity (Wildman–Crippen MR) is 83.8 cm³/mol. The van der Waals surface area contributed by atoms with Gasteiger partial charge >= 0.3 is 0 Å². The van der Waals surface area contributed by atoms with Crippen molar-refractivity contribution in [3.05, 3.63) is 34.3 Å². The van der Waals surface area contributed by atoms with Crippen LogP contribution in [0, 0.1) is 12.8 Å². The van der Waals surface area contributed by atoms with Crippen molar-refractivity contribution in [3.8, 4) is 0 Å². The lowest BCUT2D eigenvalue weighted by atomic mass is 9.81. The fraction of sp³-hybridized carbons (Fsp3) is 0.647. The summed E-state index contributed by atoms with van der Waals surface area (Å²) in [5.41, 5.74) is 2.65. The minimum Gasteiger partial charge on any atom is -0.310 e. The highest BCUT2D eigenvalue weighted by atomic mass is 35.5. The van der Waals surface area contributed by atoms with Gasteiger partial charge < -0.3 is 5.32 Å². The van der Waals surface area contributed by atoms with Crippen molar-refractivity contribution in [3.63, 3.8) is 0 Å². The highest BCUT2D eigenvalue weighted by molar-refractivity contribution is 6.30. The Hall–Kier alpha value is -0.530. The Morgan fingerprint density at radius 2 is 1.95 bits per heavy atom. The van der Waals surface area contributed by atoms with E-state index in [2.05, 4.69) is 31.3 Å². The quantitative estimate of drug-likeness (QED) is 0.774. The number of aryl methyl sites for hydroxylation is 1. The van der Waals surface area contributed by atoms with Gasteiger partial charge in [0, 0.05) is 11.1 Å². The summed E-state index contributed by atoms with van der Waals surface area (Å²) in [5, 5.41) is 4.62. The van der Waals surface area contributed by atoms with Crippen molar-refractivity contribution < 1.29 is 0 Å². The van der Waals surface area contributed by atoms with E-state index in [1.807, 2.05) is 6.07 Å². The van der Waals surface area contributed by atoms with Crippen molar-refractivity contribution >= 4 is 11.6 Å². The summed E-state index contributed by atoms with van der Waals surface area (Å²) in [5.74, 6) is 0.776. The first-order valence-corrected chi connectivity index (χ1v) is 8.09. The van der Waals surface area contributed by atoms with Crippen LogP contribution in [0.3, 0.4) is 0 Å². The number of hydrogen-bond donors (Lipinski definition) is 1. The average molecular weight is 280 g/mol. The summed E-state index contributed by atoms with van der Waals surface area (Å²) in [7, 11) is 0. The maximum atomic E-state index is 6.24. The summed E-state index contributed by atoms with van der Waals surface area (Å²) < 4.78 is 0. The van der Waals surface area contributed by atoms with Gasteiger partial charge in [-0.25, -0.2) is 0 Å². The minimum absolute atomic E-state index is 0.484. The fourth-order valence-electron chi connectivity index (χ4n) is 3.27. The molecule has 0 spiro atoms. The third-order valence-electron chi connectivity index (χ3n) is 4.16. The van der Waals surface area contributed by atoms with Crippen LogP contribution in [-0.4, -0.2) is 6.54 Å². The van der Waals surface area contributed by atoms with Crippen LogP contribution >= 0.6 is 11.6 Å². The van der Waals surface area contributed by atoms with E-state index in [0.717, 1.165) is 17.5 Å². The van der Waals surface area contributed by atoms with Gasteiger partial charge in [-0.05, 0) is 61.9 Å². The average Bonchev–Trinajstić information content (AvgIpc) is 2.39. The summed E-state index contributed by atoms with van der Waals surface area (Å²) in [6.45, 7) is 5.45. The maximum absolute atomic E-state index is 6.24. The molecule has 0 heterocycles. The second-order valence-electron chi connectivity index (χ2n) is 5.89. The van der Waals surface area contributed by atoms with Gasteiger partial charge in [0.25, 0.3) is 0 Å². The van der Waals surface area contributed by atoms with Gasteiger partial charge in [-0.15, -0.1) is 0 Å². The second-order valence-corrected chi connectivity index (χ2v) is 6.33. The Bertz CT molecular complexity index is 376. The normalized spacial score (nSPS) is 18.5. The van der Waals surface area contributed by atoms with Crippen LogP contribution < -0.4 is 5.32 Å². The zero-order valence-electron chi connectivity index (χ0n) is 12.2.